The maximum absolute atomic E-state index is 4.37. The summed E-state index contributed by atoms with van der Waals surface area (Å²) in [6.07, 6.45) is 5.58. The third kappa shape index (κ3) is 1.92. The van der Waals surface area contributed by atoms with Gasteiger partial charge in [-0.2, -0.15) is 10.1 Å². The number of rotatable bonds is 3. The van der Waals surface area contributed by atoms with Gasteiger partial charge in [-0.05, 0) is 26.0 Å². The topological polar surface area (TPSA) is 60.0 Å². The fourth-order valence-electron chi connectivity index (χ4n) is 1.70. The molecule has 0 radical (unpaired) electrons. The molecule has 0 saturated carbocycles. The number of nitrogens with one attached hydrogen (secondary N) is 1. The minimum absolute atomic E-state index is 0.342. The molecule has 0 saturated heterocycles. The van der Waals surface area contributed by atoms with E-state index in [1.54, 1.807) is 10.7 Å². The Balaban J connectivity index is 1.86. The summed E-state index contributed by atoms with van der Waals surface area (Å²) in [5.41, 5.74) is 1.70. The Morgan fingerprint density at radius 1 is 1.28 bits per heavy atom. The van der Waals surface area contributed by atoms with Crippen LogP contribution in [0.2, 0.25) is 0 Å². The quantitative estimate of drug-likeness (QED) is 0.765. The van der Waals surface area contributed by atoms with Crippen molar-refractivity contribution >= 4 is 17.3 Å². The highest BCUT2D eigenvalue weighted by Gasteiger charge is 2.05. The van der Waals surface area contributed by atoms with E-state index in [1.165, 1.54) is 0 Å². The van der Waals surface area contributed by atoms with Gasteiger partial charge in [0.2, 0.25) is 5.95 Å². The van der Waals surface area contributed by atoms with Crippen LogP contribution < -0.4 is 5.32 Å². The first-order valence-electron chi connectivity index (χ1n) is 5.85. The van der Waals surface area contributed by atoms with Gasteiger partial charge in [-0.1, -0.05) is 6.07 Å². The van der Waals surface area contributed by atoms with Gasteiger partial charge in [0.15, 0.2) is 5.65 Å². The third-order valence-electron chi connectivity index (χ3n) is 2.63. The number of fused-ring (bicyclic) bond motifs is 1. The molecule has 0 aliphatic rings. The monoisotopic (exact) mass is 242 g/mol. The molecule has 6 nitrogen and oxygen atoms in total. The van der Waals surface area contributed by atoms with E-state index in [0.29, 0.717) is 12.0 Å². The Morgan fingerprint density at radius 2 is 2.17 bits per heavy atom. The van der Waals surface area contributed by atoms with E-state index in [4.69, 9.17) is 0 Å². The van der Waals surface area contributed by atoms with Gasteiger partial charge in [0.1, 0.15) is 0 Å². The van der Waals surface area contributed by atoms with Crippen molar-refractivity contribution in [3.63, 3.8) is 0 Å². The molecule has 3 heterocycles. The lowest BCUT2D eigenvalue weighted by Gasteiger charge is -2.02. The minimum Gasteiger partial charge on any atom is -0.320 e. The van der Waals surface area contributed by atoms with E-state index in [0.717, 1.165) is 11.3 Å². The van der Waals surface area contributed by atoms with Crippen LogP contribution in [0.3, 0.4) is 0 Å². The lowest BCUT2D eigenvalue weighted by Crippen LogP contribution is -2.00. The highest BCUT2D eigenvalue weighted by atomic mass is 15.4. The number of nitrogens with zero attached hydrogens (tertiary/aromatic N) is 5. The maximum atomic E-state index is 4.37. The van der Waals surface area contributed by atoms with Gasteiger partial charge in [0, 0.05) is 18.4 Å². The van der Waals surface area contributed by atoms with E-state index in [9.17, 15) is 0 Å². The Hall–Kier alpha value is -2.37. The van der Waals surface area contributed by atoms with Crippen molar-refractivity contribution in [2.75, 3.05) is 5.32 Å². The van der Waals surface area contributed by atoms with Gasteiger partial charge >= 0.3 is 0 Å². The second kappa shape index (κ2) is 4.14. The van der Waals surface area contributed by atoms with Crippen LogP contribution in [0.1, 0.15) is 19.9 Å². The first kappa shape index (κ1) is 10.8. The SMILES string of the molecule is CC(C)n1cc(Nc2nc3ccccn3n2)cn1. The highest BCUT2D eigenvalue weighted by Crippen LogP contribution is 2.14. The van der Waals surface area contributed by atoms with Gasteiger partial charge in [0.05, 0.1) is 11.9 Å². The summed E-state index contributed by atoms with van der Waals surface area (Å²) in [4.78, 5) is 4.37. The number of anilines is 2. The van der Waals surface area contributed by atoms with Crippen LogP contribution in [0, 0.1) is 0 Å². The third-order valence-corrected chi connectivity index (χ3v) is 2.63. The molecule has 0 spiro atoms. The largest absolute Gasteiger partial charge is 0.320 e. The minimum atomic E-state index is 0.342. The van der Waals surface area contributed by atoms with E-state index in [1.807, 2.05) is 35.3 Å². The summed E-state index contributed by atoms with van der Waals surface area (Å²) in [6.45, 7) is 4.17. The second-order valence-corrected chi connectivity index (χ2v) is 4.37. The van der Waals surface area contributed by atoms with Crippen LogP contribution in [-0.2, 0) is 0 Å². The normalized spacial score (nSPS) is 11.3. The molecule has 3 rings (SSSR count). The predicted octanol–water partition coefficient (Wildman–Crippen LogP) is 2.25. The van der Waals surface area contributed by atoms with Crippen LogP contribution in [-0.4, -0.2) is 24.4 Å². The molecule has 3 aromatic heterocycles. The van der Waals surface area contributed by atoms with E-state index in [-0.39, 0.29) is 0 Å². The van der Waals surface area contributed by atoms with Crippen LogP contribution in [0.25, 0.3) is 5.65 Å². The standard InChI is InChI=1S/C12H14N6/c1-9(2)18-8-10(7-13-18)14-12-15-11-5-3-4-6-17(11)16-12/h3-9H,1-2H3,(H,14,16). The molecule has 6 heteroatoms. The lowest BCUT2D eigenvalue weighted by atomic mass is 10.4. The number of pyridine rings is 1. The zero-order chi connectivity index (χ0) is 12.5. The highest BCUT2D eigenvalue weighted by molar-refractivity contribution is 5.53. The van der Waals surface area contributed by atoms with E-state index >= 15 is 0 Å². The summed E-state index contributed by atoms with van der Waals surface area (Å²) in [6, 6.07) is 6.11. The molecule has 0 aliphatic heterocycles. The van der Waals surface area contributed by atoms with Crippen molar-refractivity contribution in [3.8, 4) is 0 Å². The molecule has 0 atom stereocenters. The van der Waals surface area contributed by atoms with Crippen molar-refractivity contribution in [2.24, 2.45) is 0 Å². The zero-order valence-corrected chi connectivity index (χ0v) is 10.3. The van der Waals surface area contributed by atoms with Crippen molar-refractivity contribution in [1.29, 1.82) is 0 Å². The fraction of sp³-hybridized carbons (Fsp3) is 0.250. The maximum Gasteiger partial charge on any atom is 0.247 e. The average molecular weight is 242 g/mol. The lowest BCUT2D eigenvalue weighted by molar-refractivity contribution is 0.532. The fourth-order valence-corrected chi connectivity index (χ4v) is 1.70. The van der Waals surface area contributed by atoms with Crippen molar-refractivity contribution in [3.05, 3.63) is 36.8 Å². The first-order chi connectivity index (χ1) is 8.72. The Bertz CT molecular complexity index is 633. The van der Waals surface area contributed by atoms with E-state index in [2.05, 4.69) is 34.3 Å². The number of hydrogen-bond donors (Lipinski definition) is 1. The van der Waals surface area contributed by atoms with Crippen LogP contribution >= 0.6 is 0 Å². The number of aromatic nitrogens is 5. The molecule has 18 heavy (non-hydrogen) atoms. The molecular formula is C12H14N6. The Kier molecular flexibility index (Phi) is 2.47. The summed E-state index contributed by atoms with van der Waals surface area (Å²) in [5, 5.41) is 11.7. The molecule has 92 valence electrons. The van der Waals surface area contributed by atoms with Crippen molar-refractivity contribution < 1.29 is 0 Å². The summed E-state index contributed by atoms with van der Waals surface area (Å²) in [5.74, 6) is 0.574. The molecule has 0 amide bonds. The molecule has 1 N–H and O–H groups in total. The number of hydrogen-bond acceptors (Lipinski definition) is 4. The molecule has 0 aliphatic carbocycles. The Labute approximate surface area is 104 Å². The van der Waals surface area contributed by atoms with Gasteiger partial charge < -0.3 is 5.32 Å². The average Bonchev–Trinajstić information content (AvgIpc) is 2.94. The van der Waals surface area contributed by atoms with Crippen molar-refractivity contribution in [1.82, 2.24) is 24.4 Å². The van der Waals surface area contributed by atoms with Crippen LogP contribution in [0.5, 0.6) is 0 Å². The summed E-state index contributed by atoms with van der Waals surface area (Å²) < 4.78 is 3.62. The molecule has 0 fully saturated rings. The van der Waals surface area contributed by atoms with Crippen LogP contribution in [0.4, 0.5) is 11.6 Å². The van der Waals surface area contributed by atoms with Crippen LogP contribution in [0.15, 0.2) is 36.8 Å². The van der Waals surface area contributed by atoms with Crippen molar-refractivity contribution in [2.45, 2.75) is 19.9 Å². The molecule has 0 bridgehead atoms. The molecule has 3 aromatic rings. The summed E-state index contributed by atoms with van der Waals surface area (Å²) in [7, 11) is 0. The van der Waals surface area contributed by atoms with Gasteiger partial charge in [-0.25, -0.2) is 4.52 Å². The second-order valence-electron chi connectivity index (χ2n) is 4.37. The molecule has 0 unspecified atom stereocenters. The van der Waals surface area contributed by atoms with Gasteiger partial charge in [-0.3, -0.25) is 4.68 Å². The molecule has 0 aromatic carbocycles. The zero-order valence-electron chi connectivity index (χ0n) is 10.3. The smallest absolute Gasteiger partial charge is 0.247 e. The van der Waals surface area contributed by atoms with E-state index < -0.39 is 0 Å². The Morgan fingerprint density at radius 3 is 2.89 bits per heavy atom. The summed E-state index contributed by atoms with van der Waals surface area (Å²) >= 11 is 0. The predicted molar refractivity (Wildman–Crippen MR) is 68.9 cm³/mol. The molecular weight excluding hydrogens is 228 g/mol. The van der Waals surface area contributed by atoms with Gasteiger partial charge in [-0.15, -0.1) is 5.10 Å². The van der Waals surface area contributed by atoms with Gasteiger partial charge in [0.25, 0.3) is 0 Å². The first-order valence-corrected chi connectivity index (χ1v) is 5.85.